The molecule has 0 radical (unpaired) electrons. The number of carbonyl (C=O) groups is 1. The van der Waals surface area contributed by atoms with Gasteiger partial charge in [-0.05, 0) is 6.42 Å². The van der Waals surface area contributed by atoms with Gasteiger partial charge in [-0.1, -0.05) is 6.92 Å². The predicted octanol–water partition coefficient (Wildman–Crippen LogP) is -0.543. The van der Waals surface area contributed by atoms with Crippen molar-refractivity contribution in [3.05, 3.63) is 0 Å². The highest BCUT2D eigenvalue weighted by Crippen LogP contribution is 1.95. The standard InChI is InChI=1S/C5H12N2O/c1-2-4(3-6)5(7)8/h4H,2-3,6H2,1H3,(H2,7,8)/t4-/m1/s1. The summed E-state index contributed by atoms with van der Waals surface area (Å²) in [7, 11) is 0. The molecule has 0 aliphatic carbocycles. The normalized spacial score (nSPS) is 13.2. The fourth-order valence-electron chi connectivity index (χ4n) is 0.484. The van der Waals surface area contributed by atoms with Gasteiger partial charge in [-0.15, -0.1) is 0 Å². The monoisotopic (exact) mass is 116 g/mol. The van der Waals surface area contributed by atoms with E-state index in [0.717, 1.165) is 6.42 Å². The molecule has 0 fully saturated rings. The van der Waals surface area contributed by atoms with E-state index in [4.69, 9.17) is 11.5 Å². The Balaban J connectivity index is 3.52. The lowest BCUT2D eigenvalue weighted by molar-refractivity contribution is -0.121. The molecule has 8 heavy (non-hydrogen) atoms. The summed E-state index contributed by atoms with van der Waals surface area (Å²) in [5.41, 5.74) is 10.1. The molecule has 1 amide bonds. The van der Waals surface area contributed by atoms with Crippen LogP contribution in [0.4, 0.5) is 0 Å². The topological polar surface area (TPSA) is 69.1 Å². The molecule has 0 bridgehead atoms. The molecule has 0 saturated carbocycles. The average molecular weight is 116 g/mol. The summed E-state index contributed by atoms with van der Waals surface area (Å²) in [6, 6.07) is 0. The molecule has 0 unspecified atom stereocenters. The summed E-state index contributed by atoms with van der Waals surface area (Å²) in [6.07, 6.45) is 0.742. The molecule has 0 heterocycles. The third-order valence-corrected chi connectivity index (χ3v) is 1.18. The van der Waals surface area contributed by atoms with Crippen LogP contribution in [0, 0.1) is 5.92 Å². The Labute approximate surface area is 49.0 Å². The maximum atomic E-state index is 10.3. The Morgan fingerprint density at radius 3 is 2.25 bits per heavy atom. The minimum atomic E-state index is -0.296. The Kier molecular flexibility index (Phi) is 3.19. The van der Waals surface area contributed by atoms with E-state index in [1.807, 2.05) is 6.92 Å². The van der Waals surface area contributed by atoms with Gasteiger partial charge in [-0.25, -0.2) is 0 Å². The lowest BCUT2D eigenvalue weighted by atomic mass is 10.1. The van der Waals surface area contributed by atoms with E-state index >= 15 is 0 Å². The van der Waals surface area contributed by atoms with Crippen molar-refractivity contribution < 1.29 is 4.79 Å². The van der Waals surface area contributed by atoms with E-state index in [1.165, 1.54) is 0 Å². The van der Waals surface area contributed by atoms with Crippen molar-refractivity contribution >= 4 is 5.91 Å². The van der Waals surface area contributed by atoms with Crippen LogP contribution in [0.25, 0.3) is 0 Å². The number of primary amides is 1. The zero-order chi connectivity index (χ0) is 6.57. The first-order chi connectivity index (χ1) is 3.72. The fraction of sp³-hybridized carbons (Fsp3) is 0.800. The lowest BCUT2D eigenvalue weighted by Gasteiger charge is -2.04. The Bertz CT molecular complexity index is 78.5. The van der Waals surface area contributed by atoms with Gasteiger partial charge >= 0.3 is 0 Å². The summed E-state index contributed by atoms with van der Waals surface area (Å²) in [5.74, 6) is -0.426. The number of nitrogens with two attached hydrogens (primary N) is 2. The molecular weight excluding hydrogens is 104 g/mol. The molecule has 3 heteroatoms. The number of carbonyl (C=O) groups excluding carboxylic acids is 1. The summed E-state index contributed by atoms with van der Waals surface area (Å²) in [5, 5.41) is 0. The van der Waals surface area contributed by atoms with Crippen LogP contribution in [-0.4, -0.2) is 12.5 Å². The smallest absolute Gasteiger partial charge is 0.221 e. The molecule has 48 valence electrons. The molecule has 0 aliphatic heterocycles. The molecule has 1 atom stereocenters. The Morgan fingerprint density at radius 1 is 1.75 bits per heavy atom. The van der Waals surface area contributed by atoms with Crippen molar-refractivity contribution in [3.8, 4) is 0 Å². The summed E-state index contributed by atoms with van der Waals surface area (Å²) in [4.78, 5) is 10.3. The van der Waals surface area contributed by atoms with Crippen molar-refractivity contribution in [1.82, 2.24) is 0 Å². The third-order valence-electron chi connectivity index (χ3n) is 1.18. The molecule has 0 aromatic rings. The van der Waals surface area contributed by atoms with Crippen molar-refractivity contribution in [2.45, 2.75) is 13.3 Å². The summed E-state index contributed by atoms with van der Waals surface area (Å²) in [6.45, 7) is 2.26. The lowest BCUT2D eigenvalue weighted by Crippen LogP contribution is -2.28. The second kappa shape index (κ2) is 3.43. The number of amides is 1. The minimum Gasteiger partial charge on any atom is -0.369 e. The Morgan fingerprint density at radius 2 is 2.25 bits per heavy atom. The summed E-state index contributed by atoms with van der Waals surface area (Å²) < 4.78 is 0. The quantitative estimate of drug-likeness (QED) is 0.519. The van der Waals surface area contributed by atoms with Crippen LogP contribution in [-0.2, 0) is 4.79 Å². The average Bonchev–Trinajstić information content (AvgIpc) is 1.69. The zero-order valence-corrected chi connectivity index (χ0v) is 5.05. The fourth-order valence-corrected chi connectivity index (χ4v) is 0.484. The molecule has 0 saturated heterocycles. The second-order valence-corrected chi connectivity index (χ2v) is 1.74. The van der Waals surface area contributed by atoms with Crippen LogP contribution in [0.3, 0.4) is 0 Å². The maximum absolute atomic E-state index is 10.3. The summed E-state index contributed by atoms with van der Waals surface area (Å²) >= 11 is 0. The van der Waals surface area contributed by atoms with Crippen LogP contribution < -0.4 is 11.5 Å². The number of hydrogen-bond acceptors (Lipinski definition) is 2. The van der Waals surface area contributed by atoms with Crippen molar-refractivity contribution in [1.29, 1.82) is 0 Å². The highest BCUT2D eigenvalue weighted by molar-refractivity contribution is 5.76. The van der Waals surface area contributed by atoms with Crippen molar-refractivity contribution in [3.63, 3.8) is 0 Å². The van der Waals surface area contributed by atoms with E-state index in [-0.39, 0.29) is 11.8 Å². The van der Waals surface area contributed by atoms with Gasteiger partial charge in [-0.3, -0.25) is 4.79 Å². The maximum Gasteiger partial charge on any atom is 0.221 e. The van der Waals surface area contributed by atoms with Gasteiger partial charge in [0.1, 0.15) is 0 Å². The van der Waals surface area contributed by atoms with Gasteiger partial charge in [0.15, 0.2) is 0 Å². The van der Waals surface area contributed by atoms with E-state index in [1.54, 1.807) is 0 Å². The van der Waals surface area contributed by atoms with Gasteiger partial charge in [-0.2, -0.15) is 0 Å². The molecule has 0 spiro atoms. The van der Waals surface area contributed by atoms with Gasteiger partial charge in [0.2, 0.25) is 5.91 Å². The Hall–Kier alpha value is -0.570. The van der Waals surface area contributed by atoms with Crippen LogP contribution in [0.15, 0.2) is 0 Å². The molecule has 3 nitrogen and oxygen atoms in total. The van der Waals surface area contributed by atoms with Crippen LogP contribution in [0.2, 0.25) is 0 Å². The van der Waals surface area contributed by atoms with Crippen molar-refractivity contribution in [2.24, 2.45) is 17.4 Å². The predicted molar refractivity (Wildman–Crippen MR) is 32.0 cm³/mol. The van der Waals surface area contributed by atoms with E-state index in [2.05, 4.69) is 0 Å². The first-order valence-corrected chi connectivity index (χ1v) is 2.71. The first kappa shape index (κ1) is 7.43. The highest BCUT2D eigenvalue weighted by atomic mass is 16.1. The van der Waals surface area contributed by atoms with Crippen LogP contribution in [0.1, 0.15) is 13.3 Å². The van der Waals surface area contributed by atoms with Gasteiger partial charge in [0, 0.05) is 12.5 Å². The van der Waals surface area contributed by atoms with Gasteiger partial charge in [0.05, 0.1) is 0 Å². The van der Waals surface area contributed by atoms with E-state index in [9.17, 15) is 4.79 Å². The van der Waals surface area contributed by atoms with Gasteiger partial charge in [0.25, 0.3) is 0 Å². The molecule has 0 aromatic heterocycles. The van der Waals surface area contributed by atoms with Crippen LogP contribution in [0.5, 0.6) is 0 Å². The zero-order valence-electron chi connectivity index (χ0n) is 5.05. The minimum absolute atomic E-state index is 0.130. The van der Waals surface area contributed by atoms with E-state index in [0.29, 0.717) is 6.54 Å². The largest absolute Gasteiger partial charge is 0.369 e. The molecular formula is C5H12N2O. The molecule has 0 aliphatic rings. The second-order valence-electron chi connectivity index (χ2n) is 1.74. The van der Waals surface area contributed by atoms with Gasteiger partial charge < -0.3 is 11.5 Å². The van der Waals surface area contributed by atoms with Crippen molar-refractivity contribution in [2.75, 3.05) is 6.54 Å². The molecule has 0 aromatic carbocycles. The van der Waals surface area contributed by atoms with Crippen LogP contribution >= 0.6 is 0 Å². The highest BCUT2D eigenvalue weighted by Gasteiger charge is 2.08. The first-order valence-electron chi connectivity index (χ1n) is 2.71. The third kappa shape index (κ3) is 1.93. The SMILES string of the molecule is CC[C@H](CN)C(N)=O. The van der Waals surface area contributed by atoms with E-state index < -0.39 is 0 Å². The molecule has 4 N–H and O–H groups in total. The number of hydrogen-bond donors (Lipinski definition) is 2. The molecule has 0 rings (SSSR count). The number of rotatable bonds is 3.